The number of aromatic amines is 1. The van der Waals surface area contributed by atoms with Crippen molar-refractivity contribution in [2.24, 2.45) is 5.11 Å². The van der Waals surface area contributed by atoms with Crippen LogP contribution in [-0.2, 0) is 0 Å². The lowest BCUT2D eigenvalue weighted by Gasteiger charge is -1.90. The van der Waals surface area contributed by atoms with Gasteiger partial charge in [0.2, 0.25) is 5.69 Å². The second kappa shape index (κ2) is 3.69. The van der Waals surface area contributed by atoms with Crippen molar-refractivity contribution in [3.05, 3.63) is 51.3 Å². The molecule has 2 aromatic rings. The van der Waals surface area contributed by atoms with Crippen molar-refractivity contribution in [2.75, 3.05) is 0 Å². The molecule has 0 aliphatic carbocycles. The highest BCUT2D eigenvalue weighted by Gasteiger charge is 2.09. The van der Waals surface area contributed by atoms with Crippen molar-refractivity contribution in [2.45, 2.75) is 0 Å². The Morgan fingerprint density at radius 2 is 2.40 bits per heavy atom. The first-order chi connectivity index (χ1) is 7.29. The Morgan fingerprint density at radius 3 is 3.07 bits per heavy atom. The molecule has 0 aliphatic heterocycles. The van der Waals surface area contributed by atoms with E-state index in [2.05, 4.69) is 19.8 Å². The van der Waals surface area contributed by atoms with E-state index in [0.717, 1.165) is 0 Å². The normalized spacial score (nSPS) is 9.60. The topological polar surface area (TPSA) is 98.6 Å². The number of hydrogen-bond acceptors (Lipinski definition) is 3. The summed E-state index contributed by atoms with van der Waals surface area (Å²) in [7, 11) is 0. The van der Waals surface area contributed by atoms with E-state index < -0.39 is 5.63 Å². The van der Waals surface area contributed by atoms with Crippen LogP contribution in [0.5, 0.6) is 0 Å². The zero-order valence-electron chi connectivity index (χ0n) is 7.49. The summed E-state index contributed by atoms with van der Waals surface area (Å²) in [6.07, 6.45) is 1.25. The summed E-state index contributed by atoms with van der Waals surface area (Å²) < 4.78 is 5.89. The molecule has 0 spiro atoms. The highest BCUT2D eigenvalue weighted by molar-refractivity contribution is 5.42. The quantitative estimate of drug-likeness (QED) is 0.344. The average molecular weight is 204 g/mol. The summed E-state index contributed by atoms with van der Waals surface area (Å²) in [5, 5.41) is 5.83. The molecule has 0 amide bonds. The van der Waals surface area contributed by atoms with Crippen molar-refractivity contribution in [1.29, 1.82) is 0 Å². The Bertz CT molecular complexity index is 578. The minimum Gasteiger partial charge on any atom is -0.283 e. The molecule has 0 saturated carbocycles. The Morgan fingerprint density at radius 1 is 1.53 bits per heavy atom. The highest BCUT2D eigenvalue weighted by Crippen LogP contribution is 2.13. The number of nitrogens with zero attached hydrogens (tertiary/aromatic N) is 4. The van der Waals surface area contributed by atoms with Gasteiger partial charge >= 0.3 is 5.63 Å². The minimum absolute atomic E-state index is 0.463. The maximum atomic E-state index is 10.8. The predicted molar refractivity (Wildman–Crippen MR) is 49.7 cm³/mol. The summed E-state index contributed by atoms with van der Waals surface area (Å²) >= 11 is 0. The molecule has 0 aliphatic rings. The molecule has 15 heavy (non-hydrogen) atoms. The molecule has 0 bridgehead atoms. The van der Waals surface area contributed by atoms with E-state index in [0.29, 0.717) is 11.4 Å². The van der Waals surface area contributed by atoms with Crippen molar-refractivity contribution in [3.63, 3.8) is 0 Å². The van der Waals surface area contributed by atoms with Crippen LogP contribution < -0.4 is 10.3 Å². The average Bonchev–Trinajstić information content (AvgIpc) is 2.66. The van der Waals surface area contributed by atoms with Crippen LogP contribution in [0.1, 0.15) is 0 Å². The number of benzene rings is 1. The predicted octanol–water partition coefficient (Wildman–Crippen LogP) is 1.19. The van der Waals surface area contributed by atoms with Crippen LogP contribution in [-0.4, -0.2) is 5.27 Å². The maximum Gasteiger partial charge on any atom is 0.427 e. The molecule has 7 heteroatoms. The number of rotatable bonds is 2. The molecule has 1 heterocycles. The SMILES string of the molecule is [N-]=[N+]=Nc1cccc(-[n+]2cc(=O)o[nH]2)c1. The van der Waals surface area contributed by atoms with E-state index in [1.54, 1.807) is 24.3 Å². The lowest BCUT2D eigenvalue weighted by molar-refractivity contribution is -0.670. The molecule has 7 nitrogen and oxygen atoms in total. The van der Waals surface area contributed by atoms with Crippen LogP contribution >= 0.6 is 0 Å². The van der Waals surface area contributed by atoms with Crippen molar-refractivity contribution in [1.82, 2.24) is 5.27 Å². The third-order valence-electron chi connectivity index (χ3n) is 1.75. The molecule has 0 unspecified atom stereocenters. The number of aromatic nitrogens is 2. The Balaban J connectivity index is 2.49. The molecule has 1 aromatic heterocycles. The number of hydrogen-bond donors (Lipinski definition) is 1. The Hall–Kier alpha value is -2.53. The molecule has 0 atom stereocenters. The number of H-pyrrole nitrogens is 1. The van der Waals surface area contributed by atoms with Crippen LogP contribution in [0.2, 0.25) is 0 Å². The van der Waals surface area contributed by atoms with Gasteiger partial charge in [-0.3, -0.25) is 4.52 Å². The van der Waals surface area contributed by atoms with E-state index in [9.17, 15) is 4.79 Å². The first-order valence-corrected chi connectivity index (χ1v) is 4.05. The second-order valence-corrected chi connectivity index (χ2v) is 2.72. The molecule has 0 radical (unpaired) electrons. The zero-order valence-corrected chi connectivity index (χ0v) is 7.49. The first kappa shape index (κ1) is 9.04. The lowest BCUT2D eigenvalue weighted by atomic mass is 10.3. The van der Waals surface area contributed by atoms with Gasteiger partial charge in [-0.2, -0.15) is 0 Å². The van der Waals surface area contributed by atoms with Crippen molar-refractivity contribution < 1.29 is 9.20 Å². The fourth-order valence-electron chi connectivity index (χ4n) is 1.14. The van der Waals surface area contributed by atoms with Gasteiger partial charge < -0.3 is 0 Å². The number of nitrogens with one attached hydrogen (secondary N) is 1. The fraction of sp³-hybridized carbons (Fsp3) is 0. The Kier molecular flexibility index (Phi) is 2.22. The largest absolute Gasteiger partial charge is 0.427 e. The van der Waals surface area contributed by atoms with E-state index >= 15 is 0 Å². The maximum absolute atomic E-state index is 10.8. The van der Waals surface area contributed by atoms with Gasteiger partial charge in [0, 0.05) is 22.7 Å². The lowest BCUT2D eigenvalue weighted by Crippen LogP contribution is -2.31. The van der Waals surface area contributed by atoms with E-state index in [1.807, 2.05) is 0 Å². The molecule has 0 fully saturated rings. The Labute approximate surface area is 83.1 Å². The third kappa shape index (κ3) is 1.87. The first-order valence-electron chi connectivity index (χ1n) is 4.05. The van der Waals surface area contributed by atoms with Crippen molar-refractivity contribution >= 4 is 5.69 Å². The summed E-state index contributed by atoms with van der Waals surface area (Å²) in [5.41, 5.74) is 8.88. The van der Waals surface area contributed by atoms with Gasteiger partial charge in [-0.1, -0.05) is 17.2 Å². The van der Waals surface area contributed by atoms with Crippen LogP contribution in [0.3, 0.4) is 0 Å². The van der Waals surface area contributed by atoms with Crippen LogP contribution in [0, 0.1) is 0 Å². The van der Waals surface area contributed by atoms with Crippen LogP contribution in [0.15, 0.2) is 44.9 Å². The molecular formula is C8H6N5O2+. The summed E-state index contributed by atoms with van der Waals surface area (Å²) in [6, 6.07) is 6.71. The van der Waals surface area contributed by atoms with Gasteiger partial charge in [-0.25, -0.2) is 4.79 Å². The molecule has 0 saturated heterocycles. The van der Waals surface area contributed by atoms with E-state index in [1.165, 1.54) is 10.9 Å². The molecule has 1 aromatic carbocycles. The van der Waals surface area contributed by atoms with E-state index in [4.69, 9.17) is 5.53 Å². The van der Waals surface area contributed by atoms with Gasteiger partial charge in [0.1, 0.15) is 0 Å². The van der Waals surface area contributed by atoms with E-state index in [-0.39, 0.29) is 0 Å². The minimum atomic E-state index is -0.482. The van der Waals surface area contributed by atoms with Crippen LogP contribution in [0.4, 0.5) is 5.69 Å². The number of azide groups is 1. The van der Waals surface area contributed by atoms with Gasteiger partial charge in [-0.15, -0.1) is 0 Å². The highest BCUT2D eigenvalue weighted by atomic mass is 16.5. The smallest absolute Gasteiger partial charge is 0.283 e. The summed E-state index contributed by atoms with van der Waals surface area (Å²) in [6.45, 7) is 0. The van der Waals surface area contributed by atoms with Crippen LogP contribution in [0.25, 0.3) is 16.1 Å². The van der Waals surface area contributed by atoms with Gasteiger partial charge in [0.25, 0.3) is 6.20 Å². The zero-order chi connectivity index (χ0) is 10.7. The summed E-state index contributed by atoms with van der Waals surface area (Å²) in [5.74, 6) is 0. The third-order valence-corrected chi connectivity index (χ3v) is 1.75. The molecular weight excluding hydrogens is 198 g/mol. The van der Waals surface area contributed by atoms with Gasteiger partial charge in [0.15, 0.2) is 0 Å². The second-order valence-electron chi connectivity index (χ2n) is 2.72. The fourth-order valence-corrected chi connectivity index (χ4v) is 1.14. The monoisotopic (exact) mass is 204 g/mol. The molecule has 2 rings (SSSR count). The molecule has 1 N–H and O–H groups in total. The summed E-state index contributed by atoms with van der Waals surface area (Å²) in [4.78, 5) is 13.4. The van der Waals surface area contributed by atoms with Gasteiger partial charge in [0.05, 0.1) is 0 Å². The van der Waals surface area contributed by atoms with Crippen molar-refractivity contribution in [3.8, 4) is 5.69 Å². The standard InChI is InChI=1S/C8H5N5O2/c9-11-10-6-2-1-3-7(4-6)13-5-8(14)15-12-13/h1-5H/p+1. The molecule has 74 valence electrons. The van der Waals surface area contributed by atoms with Gasteiger partial charge in [-0.05, 0) is 15.5 Å².